The van der Waals surface area contributed by atoms with E-state index in [4.69, 9.17) is 4.74 Å². The van der Waals surface area contributed by atoms with Crippen LogP contribution >= 0.6 is 0 Å². The van der Waals surface area contributed by atoms with E-state index in [-0.39, 0.29) is 0 Å². The van der Waals surface area contributed by atoms with E-state index >= 15 is 0 Å². The molecule has 1 aliphatic rings. The maximum absolute atomic E-state index is 11.1. The molecular formula is C20H29N3O2. The molecule has 0 saturated carbocycles. The largest absolute Gasteiger partial charge is 0.361 e. The molecule has 5 nitrogen and oxygen atoms in total. The molecule has 0 spiro atoms. The second-order valence-electron chi connectivity index (χ2n) is 7.23. The molecule has 25 heavy (non-hydrogen) atoms. The second-order valence-corrected chi connectivity index (χ2v) is 7.23. The minimum Gasteiger partial charge on any atom is -0.361 e. The van der Waals surface area contributed by atoms with Crippen molar-refractivity contribution in [2.24, 2.45) is 0 Å². The molecule has 2 aromatic heterocycles. The third kappa shape index (κ3) is 3.36. The zero-order valence-corrected chi connectivity index (χ0v) is 15.9. The third-order valence-electron chi connectivity index (χ3n) is 5.10. The molecular weight excluding hydrogens is 314 g/mol. The van der Waals surface area contributed by atoms with Crippen molar-refractivity contribution in [2.75, 3.05) is 19.7 Å². The highest BCUT2D eigenvalue weighted by Gasteiger charge is 2.39. The van der Waals surface area contributed by atoms with Crippen LogP contribution in [0.2, 0.25) is 0 Å². The Hall–Kier alpha value is -1.69. The molecule has 1 N–H and O–H groups in total. The molecule has 2 atom stereocenters. The Morgan fingerprint density at radius 2 is 1.96 bits per heavy atom. The summed E-state index contributed by atoms with van der Waals surface area (Å²) in [6.07, 6.45) is 2.81. The lowest BCUT2D eigenvalue weighted by molar-refractivity contribution is -0.259. The molecule has 136 valence electrons. The third-order valence-corrected chi connectivity index (χ3v) is 5.10. The van der Waals surface area contributed by atoms with Gasteiger partial charge in [0, 0.05) is 29.2 Å². The smallest absolute Gasteiger partial charge is 0.207 e. The van der Waals surface area contributed by atoms with Gasteiger partial charge in [-0.2, -0.15) is 0 Å². The standard InChI is InChI=1S/C20H29N3O2/c1-6-9-22-13-20(24,25-12-17(22)5)18-10-14(2)19(21-11-18)23-15(3)7-8-16(23)4/h7-8,10-11,17,24H,6,9,12-13H2,1-5H3/t17-,20?/m0/s1. The Morgan fingerprint density at radius 3 is 2.56 bits per heavy atom. The zero-order chi connectivity index (χ0) is 18.2. The minimum absolute atomic E-state index is 0.318. The molecule has 1 aliphatic heterocycles. The van der Waals surface area contributed by atoms with Gasteiger partial charge in [0.1, 0.15) is 5.82 Å². The summed E-state index contributed by atoms with van der Waals surface area (Å²) in [4.78, 5) is 6.94. The van der Waals surface area contributed by atoms with Gasteiger partial charge in [-0.15, -0.1) is 0 Å². The van der Waals surface area contributed by atoms with Gasteiger partial charge in [0.15, 0.2) is 0 Å². The molecule has 3 heterocycles. The molecule has 5 heteroatoms. The second kappa shape index (κ2) is 6.90. The number of rotatable bonds is 4. The maximum atomic E-state index is 11.1. The Kier molecular flexibility index (Phi) is 5.00. The van der Waals surface area contributed by atoms with Crippen LogP contribution < -0.4 is 0 Å². The number of ether oxygens (including phenoxy) is 1. The van der Waals surface area contributed by atoms with Gasteiger partial charge in [-0.25, -0.2) is 4.98 Å². The lowest BCUT2D eigenvalue weighted by atomic mass is 10.0. The van der Waals surface area contributed by atoms with E-state index in [1.807, 2.05) is 13.0 Å². The van der Waals surface area contributed by atoms with Crippen molar-refractivity contribution in [3.05, 3.63) is 46.9 Å². The number of pyridine rings is 1. The van der Waals surface area contributed by atoms with Gasteiger partial charge in [-0.05, 0) is 64.4 Å². The maximum Gasteiger partial charge on any atom is 0.207 e. The first kappa shape index (κ1) is 18.1. The van der Waals surface area contributed by atoms with Crippen molar-refractivity contribution in [2.45, 2.75) is 52.9 Å². The van der Waals surface area contributed by atoms with Crippen LogP contribution in [-0.4, -0.2) is 45.3 Å². The summed E-state index contributed by atoms with van der Waals surface area (Å²) >= 11 is 0. The summed E-state index contributed by atoms with van der Waals surface area (Å²) in [6, 6.07) is 6.50. The molecule has 3 rings (SSSR count). The average Bonchev–Trinajstić information content (AvgIpc) is 2.90. The lowest BCUT2D eigenvalue weighted by Gasteiger charge is -2.43. The van der Waals surface area contributed by atoms with E-state index in [2.05, 4.69) is 54.3 Å². The van der Waals surface area contributed by atoms with Crippen LogP contribution in [0.5, 0.6) is 0 Å². The summed E-state index contributed by atoms with van der Waals surface area (Å²) in [5.74, 6) is -0.388. The number of β-amino-alcohol motifs (C(OH)–C–C–N with tert-alkyl or cyclic N) is 1. The van der Waals surface area contributed by atoms with Gasteiger partial charge in [0.25, 0.3) is 0 Å². The predicted molar refractivity (Wildman–Crippen MR) is 98.9 cm³/mol. The monoisotopic (exact) mass is 343 g/mol. The Balaban J connectivity index is 1.92. The number of hydrogen-bond donors (Lipinski definition) is 1. The van der Waals surface area contributed by atoms with E-state index in [1.54, 1.807) is 6.20 Å². The molecule has 1 unspecified atom stereocenters. The molecule has 0 bridgehead atoms. The Bertz CT molecular complexity index is 736. The number of aryl methyl sites for hydroxylation is 3. The van der Waals surface area contributed by atoms with Crippen LogP contribution in [0, 0.1) is 20.8 Å². The predicted octanol–water partition coefficient (Wildman–Crippen LogP) is 3.07. The van der Waals surface area contributed by atoms with Gasteiger partial charge in [-0.1, -0.05) is 6.92 Å². The molecule has 1 fully saturated rings. The van der Waals surface area contributed by atoms with Crippen molar-refractivity contribution in [1.29, 1.82) is 0 Å². The quantitative estimate of drug-likeness (QED) is 0.927. The van der Waals surface area contributed by atoms with E-state index in [0.717, 1.165) is 41.3 Å². The van der Waals surface area contributed by atoms with Crippen LogP contribution in [0.15, 0.2) is 24.4 Å². The first-order chi connectivity index (χ1) is 11.9. The van der Waals surface area contributed by atoms with E-state index in [0.29, 0.717) is 19.2 Å². The molecule has 0 amide bonds. The van der Waals surface area contributed by atoms with E-state index < -0.39 is 5.79 Å². The summed E-state index contributed by atoms with van der Waals surface area (Å²) in [6.45, 7) is 12.4. The number of nitrogens with zero attached hydrogens (tertiary/aromatic N) is 3. The Morgan fingerprint density at radius 1 is 1.28 bits per heavy atom. The number of hydrogen-bond acceptors (Lipinski definition) is 4. The molecule has 0 aliphatic carbocycles. The first-order valence-corrected chi connectivity index (χ1v) is 9.08. The summed E-state index contributed by atoms with van der Waals surface area (Å²) < 4.78 is 7.98. The SMILES string of the molecule is CCCN1CC(O)(c2cnc(-n3c(C)ccc3C)c(C)c2)OC[C@@H]1C. The van der Waals surface area contributed by atoms with Gasteiger partial charge in [0.2, 0.25) is 5.79 Å². The summed E-state index contributed by atoms with van der Waals surface area (Å²) in [5, 5.41) is 11.1. The van der Waals surface area contributed by atoms with Crippen LogP contribution in [0.1, 0.15) is 42.8 Å². The highest BCUT2D eigenvalue weighted by atomic mass is 16.6. The minimum atomic E-state index is -1.29. The van der Waals surface area contributed by atoms with Crippen molar-refractivity contribution in [3.8, 4) is 5.82 Å². The van der Waals surface area contributed by atoms with Crippen LogP contribution in [0.3, 0.4) is 0 Å². The molecule has 0 radical (unpaired) electrons. The fraction of sp³-hybridized carbons (Fsp3) is 0.550. The van der Waals surface area contributed by atoms with E-state index in [1.165, 1.54) is 0 Å². The van der Waals surface area contributed by atoms with Crippen LogP contribution in [-0.2, 0) is 10.5 Å². The zero-order valence-electron chi connectivity index (χ0n) is 15.9. The molecule has 2 aromatic rings. The number of aromatic nitrogens is 2. The van der Waals surface area contributed by atoms with Crippen molar-refractivity contribution in [3.63, 3.8) is 0 Å². The average molecular weight is 343 g/mol. The first-order valence-electron chi connectivity index (χ1n) is 9.08. The fourth-order valence-electron chi connectivity index (χ4n) is 3.62. The topological polar surface area (TPSA) is 50.5 Å². The van der Waals surface area contributed by atoms with Crippen LogP contribution in [0.25, 0.3) is 5.82 Å². The van der Waals surface area contributed by atoms with Crippen LogP contribution in [0.4, 0.5) is 0 Å². The summed E-state index contributed by atoms with van der Waals surface area (Å²) in [5.41, 5.74) is 4.05. The van der Waals surface area contributed by atoms with E-state index in [9.17, 15) is 5.11 Å². The van der Waals surface area contributed by atoms with Gasteiger partial charge in [0.05, 0.1) is 13.2 Å². The lowest BCUT2D eigenvalue weighted by Crippen LogP contribution is -2.54. The molecule has 1 saturated heterocycles. The fourth-order valence-corrected chi connectivity index (χ4v) is 3.62. The molecule has 0 aromatic carbocycles. The van der Waals surface area contributed by atoms with Gasteiger partial charge >= 0.3 is 0 Å². The Labute approximate surface area is 150 Å². The summed E-state index contributed by atoms with van der Waals surface area (Å²) in [7, 11) is 0. The van der Waals surface area contributed by atoms with Crippen molar-refractivity contribution >= 4 is 0 Å². The van der Waals surface area contributed by atoms with Crippen molar-refractivity contribution in [1.82, 2.24) is 14.5 Å². The number of morpholine rings is 1. The number of aliphatic hydroxyl groups is 1. The highest BCUT2D eigenvalue weighted by molar-refractivity contribution is 5.40. The van der Waals surface area contributed by atoms with Gasteiger partial charge in [-0.3, -0.25) is 4.90 Å². The normalized spacial score (nSPS) is 24.6. The van der Waals surface area contributed by atoms with Crippen molar-refractivity contribution < 1.29 is 9.84 Å². The highest BCUT2D eigenvalue weighted by Crippen LogP contribution is 2.31. The van der Waals surface area contributed by atoms with Gasteiger partial charge < -0.3 is 14.4 Å².